The lowest BCUT2D eigenvalue weighted by atomic mass is 10.1. The molecule has 2 rings (SSSR count). The van der Waals surface area contributed by atoms with Gasteiger partial charge in [-0.25, -0.2) is 4.39 Å². The molecule has 0 spiro atoms. The smallest absolute Gasteiger partial charge is 0.167 e. The third-order valence-electron chi connectivity index (χ3n) is 2.96. The SMILES string of the molecule is CCOc1ccc(NC(C)c2cccc(Br)c2)cc1F. The Kier molecular flexibility index (Phi) is 5.01. The van der Waals surface area contributed by atoms with Crippen molar-refractivity contribution in [1.82, 2.24) is 0 Å². The lowest BCUT2D eigenvalue weighted by Gasteiger charge is -2.16. The summed E-state index contributed by atoms with van der Waals surface area (Å²) in [6.07, 6.45) is 0. The van der Waals surface area contributed by atoms with Crippen LogP contribution in [0.5, 0.6) is 5.75 Å². The highest BCUT2D eigenvalue weighted by Gasteiger charge is 2.08. The van der Waals surface area contributed by atoms with E-state index in [4.69, 9.17) is 4.74 Å². The summed E-state index contributed by atoms with van der Waals surface area (Å²) in [5.41, 5.74) is 1.87. The zero-order valence-electron chi connectivity index (χ0n) is 11.5. The lowest BCUT2D eigenvalue weighted by Crippen LogP contribution is -2.07. The first-order valence-electron chi connectivity index (χ1n) is 6.54. The van der Waals surface area contributed by atoms with Crippen molar-refractivity contribution in [2.24, 2.45) is 0 Å². The van der Waals surface area contributed by atoms with E-state index in [0.717, 1.165) is 15.7 Å². The highest BCUT2D eigenvalue weighted by molar-refractivity contribution is 9.10. The van der Waals surface area contributed by atoms with Crippen molar-refractivity contribution in [2.45, 2.75) is 19.9 Å². The second kappa shape index (κ2) is 6.75. The van der Waals surface area contributed by atoms with Gasteiger partial charge in [-0.2, -0.15) is 0 Å². The first-order valence-corrected chi connectivity index (χ1v) is 7.33. The third kappa shape index (κ3) is 3.73. The molecule has 0 amide bonds. The number of halogens is 2. The zero-order valence-corrected chi connectivity index (χ0v) is 13.1. The molecule has 0 aliphatic rings. The molecule has 0 aliphatic heterocycles. The van der Waals surface area contributed by atoms with Crippen molar-refractivity contribution in [3.63, 3.8) is 0 Å². The minimum absolute atomic E-state index is 0.0878. The molecular formula is C16H17BrFNO. The quantitative estimate of drug-likeness (QED) is 0.813. The van der Waals surface area contributed by atoms with Crippen molar-refractivity contribution >= 4 is 21.6 Å². The van der Waals surface area contributed by atoms with Gasteiger partial charge in [0.25, 0.3) is 0 Å². The van der Waals surface area contributed by atoms with E-state index >= 15 is 0 Å². The van der Waals surface area contributed by atoms with Gasteiger partial charge in [0.05, 0.1) is 6.61 Å². The Labute approximate surface area is 127 Å². The van der Waals surface area contributed by atoms with Crippen molar-refractivity contribution in [1.29, 1.82) is 0 Å². The van der Waals surface area contributed by atoms with Crippen molar-refractivity contribution < 1.29 is 9.13 Å². The van der Waals surface area contributed by atoms with Crippen LogP contribution in [0.1, 0.15) is 25.5 Å². The Morgan fingerprint density at radius 1 is 1.25 bits per heavy atom. The summed E-state index contributed by atoms with van der Waals surface area (Å²) in [7, 11) is 0. The molecule has 0 bridgehead atoms. The van der Waals surface area contributed by atoms with Crippen LogP contribution in [-0.2, 0) is 0 Å². The molecular weight excluding hydrogens is 321 g/mol. The van der Waals surface area contributed by atoms with Gasteiger partial charge in [-0.3, -0.25) is 0 Å². The highest BCUT2D eigenvalue weighted by Crippen LogP contribution is 2.25. The molecule has 4 heteroatoms. The molecule has 0 fully saturated rings. The molecule has 1 N–H and O–H groups in total. The van der Waals surface area contributed by atoms with E-state index in [1.165, 1.54) is 6.07 Å². The van der Waals surface area contributed by atoms with E-state index in [1.807, 2.05) is 44.2 Å². The van der Waals surface area contributed by atoms with Crippen molar-refractivity contribution in [3.8, 4) is 5.75 Å². The monoisotopic (exact) mass is 337 g/mol. The fraction of sp³-hybridized carbons (Fsp3) is 0.250. The van der Waals surface area contributed by atoms with E-state index in [0.29, 0.717) is 6.61 Å². The predicted octanol–water partition coefficient (Wildman–Crippen LogP) is 5.16. The minimum atomic E-state index is -0.349. The van der Waals surface area contributed by atoms with E-state index in [-0.39, 0.29) is 17.6 Å². The van der Waals surface area contributed by atoms with E-state index in [1.54, 1.807) is 6.07 Å². The molecule has 2 nitrogen and oxygen atoms in total. The molecule has 20 heavy (non-hydrogen) atoms. The largest absolute Gasteiger partial charge is 0.491 e. The Morgan fingerprint density at radius 2 is 2.05 bits per heavy atom. The molecule has 0 heterocycles. The second-order valence-electron chi connectivity index (χ2n) is 4.50. The molecule has 2 aromatic rings. The van der Waals surface area contributed by atoms with Crippen LogP contribution in [0.25, 0.3) is 0 Å². The first-order chi connectivity index (χ1) is 9.60. The van der Waals surface area contributed by atoms with Gasteiger partial charge in [-0.1, -0.05) is 28.1 Å². The van der Waals surface area contributed by atoms with E-state index < -0.39 is 0 Å². The van der Waals surface area contributed by atoms with Gasteiger partial charge in [0, 0.05) is 22.3 Å². The first kappa shape index (κ1) is 14.9. The van der Waals surface area contributed by atoms with Gasteiger partial charge >= 0.3 is 0 Å². The molecule has 0 saturated heterocycles. The fourth-order valence-corrected chi connectivity index (χ4v) is 2.39. The van der Waals surface area contributed by atoms with Crippen LogP contribution in [-0.4, -0.2) is 6.61 Å². The van der Waals surface area contributed by atoms with Crippen LogP contribution in [0.3, 0.4) is 0 Å². The number of nitrogens with one attached hydrogen (secondary N) is 1. The third-order valence-corrected chi connectivity index (χ3v) is 3.46. The highest BCUT2D eigenvalue weighted by atomic mass is 79.9. The van der Waals surface area contributed by atoms with Gasteiger partial charge in [-0.05, 0) is 43.7 Å². The van der Waals surface area contributed by atoms with Gasteiger partial charge in [0.2, 0.25) is 0 Å². The summed E-state index contributed by atoms with van der Waals surface area (Å²) in [5.74, 6) is -0.0635. The summed E-state index contributed by atoms with van der Waals surface area (Å²) in [5, 5.41) is 3.28. The van der Waals surface area contributed by atoms with Crippen molar-refractivity contribution in [3.05, 3.63) is 58.3 Å². The average molecular weight is 338 g/mol. The van der Waals surface area contributed by atoms with Gasteiger partial charge in [0.1, 0.15) is 0 Å². The number of benzene rings is 2. The maximum atomic E-state index is 13.8. The Balaban J connectivity index is 2.11. The molecule has 1 unspecified atom stereocenters. The molecule has 0 radical (unpaired) electrons. The number of hydrogen-bond donors (Lipinski definition) is 1. The molecule has 0 aliphatic carbocycles. The van der Waals surface area contributed by atoms with E-state index in [2.05, 4.69) is 21.2 Å². The molecule has 106 valence electrons. The summed E-state index contributed by atoms with van der Waals surface area (Å²) < 4.78 is 20.0. The average Bonchev–Trinajstić information content (AvgIpc) is 2.42. The van der Waals surface area contributed by atoms with Crippen LogP contribution in [0.15, 0.2) is 46.9 Å². The van der Waals surface area contributed by atoms with Gasteiger partial charge < -0.3 is 10.1 Å². The summed E-state index contributed by atoms with van der Waals surface area (Å²) in [4.78, 5) is 0. The Morgan fingerprint density at radius 3 is 2.70 bits per heavy atom. The number of rotatable bonds is 5. The Bertz CT molecular complexity index is 588. The normalized spacial score (nSPS) is 12.0. The number of ether oxygens (including phenoxy) is 1. The Hall–Kier alpha value is -1.55. The van der Waals surface area contributed by atoms with E-state index in [9.17, 15) is 4.39 Å². The second-order valence-corrected chi connectivity index (χ2v) is 5.41. The van der Waals surface area contributed by atoms with Gasteiger partial charge in [-0.15, -0.1) is 0 Å². The van der Waals surface area contributed by atoms with Gasteiger partial charge in [0.15, 0.2) is 11.6 Å². The fourth-order valence-electron chi connectivity index (χ4n) is 1.97. The summed E-state index contributed by atoms with van der Waals surface area (Å²) in [6.45, 7) is 4.33. The molecule has 1 atom stereocenters. The maximum Gasteiger partial charge on any atom is 0.167 e. The van der Waals surface area contributed by atoms with Crippen LogP contribution < -0.4 is 10.1 Å². The number of anilines is 1. The van der Waals surface area contributed by atoms with Crippen molar-refractivity contribution in [2.75, 3.05) is 11.9 Å². The van der Waals surface area contributed by atoms with Crippen LogP contribution >= 0.6 is 15.9 Å². The minimum Gasteiger partial charge on any atom is -0.491 e. The lowest BCUT2D eigenvalue weighted by molar-refractivity contribution is 0.321. The topological polar surface area (TPSA) is 21.3 Å². The molecule has 2 aromatic carbocycles. The number of hydrogen-bond acceptors (Lipinski definition) is 2. The summed E-state index contributed by atoms with van der Waals surface area (Å²) in [6, 6.07) is 13.1. The standard InChI is InChI=1S/C16H17BrFNO/c1-3-20-16-8-7-14(10-15(16)18)19-11(2)12-5-4-6-13(17)9-12/h4-11,19H,3H2,1-2H3. The maximum absolute atomic E-state index is 13.8. The van der Waals surface area contributed by atoms with Crippen LogP contribution in [0.2, 0.25) is 0 Å². The molecule has 0 aromatic heterocycles. The zero-order chi connectivity index (χ0) is 14.5. The summed E-state index contributed by atoms with van der Waals surface area (Å²) >= 11 is 3.45. The van der Waals surface area contributed by atoms with Crippen LogP contribution in [0.4, 0.5) is 10.1 Å². The van der Waals surface area contributed by atoms with Crippen LogP contribution in [0, 0.1) is 5.82 Å². The predicted molar refractivity (Wildman–Crippen MR) is 83.7 cm³/mol. The molecule has 0 saturated carbocycles.